The van der Waals surface area contributed by atoms with Crippen LogP contribution in [0, 0.1) is 0 Å². The topological polar surface area (TPSA) is 70.2 Å². The molecule has 6 nitrogen and oxygen atoms in total. The van der Waals surface area contributed by atoms with E-state index in [1.54, 1.807) is 18.2 Å². The normalized spacial score (nSPS) is 10.7. The van der Waals surface area contributed by atoms with Gasteiger partial charge in [0.2, 0.25) is 0 Å². The molecule has 2 rings (SSSR count). The average molecular weight is 368 g/mol. The quantitative estimate of drug-likeness (QED) is 0.733. The van der Waals surface area contributed by atoms with Gasteiger partial charge in [-0.1, -0.05) is 23.2 Å². The number of carbonyl (C=O) groups is 1. The Morgan fingerprint density at radius 3 is 2.42 bits per heavy atom. The molecule has 0 aliphatic rings. The Morgan fingerprint density at radius 1 is 1.12 bits per heavy atom. The predicted molar refractivity (Wildman–Crippen MR) is 98.1 cm³/mol. The van der Waals surface area contributed by atoms with E-state index in [0.717, 1.165) is 19.5 Å². The first-order valence-corrected chi connectivity index (χ1v) is 8.18. The Kier molecular flexibility index (Phi) is 6.78. The van der Waals surface area contributed by atoms with Gasteiger partial charge in [-0.05, 0) is 45.3 Å². The van der Waals surface area contributed by atoms with Gasteiger partial charge in [0.05, 0.1) is 12.4 Å². The van der Waals surface area contributed by atoms with Crippen molar-refractivity contribution in [3.63, 3.8) is 0 Å². The fourth-order valence-electron chi connectivity index (χ4n) is 1.97. The second kappa shape index (κ2) is 8.82. The molecule has 1 aromatic carbocycles. The fraction of sp³-hybridized carbons (Fsp3) is 0.312. The van der Waals surface area contributed by atoms with Crippen LogP contribution in [0.5, 0.6) is 0 Å². The van der Waals surface area contributed by atoms with Crippen molar-refractivity contribution in [2.45, 2.75) is 6.42 Å². The molecule has 24 heavy (non-hydrogen) atoms. The van der Waals surface area contributed by atoms with E-state index in [2.05, 4.69) is 25.5 Å². The number of benzene rings is 1. The summed E-state index contributed by atoms with van der Waals surface area (Å²) in [5, 5.41) is 6.74. The standard InChI is InChI=1S/C16H19Cl2N5O/c1-23(2)5-3-4-19-15-10-20-14(9-21-15)16(24)22-13-7-11(17)6-12(18)8-13/h6-10H,3-5H2,1-2H3,(H,19,21)(H,22,24). The van der Waals surface area contributed by atoms with Crippen molar-refractivity contribution in [1.82, 2.24) is 14.9 Å². The van der Waals surface area contributed by atoms with Crippen LogP contribution in [0.1, 0.15) is 16.9 Å². The highest BCUT2D eigenvalue weighted by molar-refractivity contribution is 6.35. The van der Waals surface area contributed by atoms with Gasteiger partial charge in [-0.3, -0.25) is 4.79 Å². The van der Waals surface area contributed by atoms with Gasteiger partial charge < -0.3 is 15.5 Å². The lowest BCUT2D eigenvalue weighted by Crippen LogP contribution is -2.17. The summed E-state index contributed by atoms with van der Waals surface area (Å²) in [6.07, 6.45) is 3.96. The number of nitrogens with zero attached hydrogens (tertiary/aromatic N) is 3. The van der Waals surface area contributed by atoms with Gasteiger partial charge in [-0.25, -0.2) is 9.97 Å². The number of amides is 1. The van der Waals surface area contributed by atoms with Crippen molar-refractivity contribution in [3.05, 3.63) is 46.3 Å². The smallest absolute Gasteiger partial charge is 0.275 e. The molecule has 0 aliphatic heterocycles. The first-order chi connectivity index (χ1) is 11.4. The zero-order chi connectivity index (χ0) is 17.5. The molecule has 0 fully saturated rings. The number of nitrogens with one attached hydrogen (secondary N) is 2. The lowest BCUT2D eigenvalue weighted by molar-refractivity contribution is 0.102. The van der Waals surface area contributed by atoms with Crippen LogP contribution in [-0.2, 0) is 0 Å². The summed E-state index contributed by atoms with van der Waals surface area (Å²) in [7, 11) is 4.06. The minimum absolute atomic E-state index is 0.213. The summed E-state index contributed by atoms with van der Waals surface area (Å²) in [6, 6.07) is 4.81. The molecule has 1 heterocycles. The molecule has 128 valence electrons. The zero-order valence-electron chi connectivity index (χ0n) is 13.5. The highest BCUT2D eigenvalue weighted by Gasteiger charge is 2.09. The lowest BCUT2D eigenvalue weighted by atomic mass is 10.3. The molecule has 1 amide bonds. The fourth-order valence-corrected chi connectivity index (χ4v) is 2.50. The molecule has 0 atom stereocenters. The van der Waals surface area contributed by atoms with E-state index in [1.807, 2.05) is 14.1 Å². The molecule has 2 aromatic rings. The monoisotopic (exact) mass is 367 g/mol. The molecule has 8 heteroatoms. The Balaban J connectivity index is 1.91. The Morgan fingerprint density at radius 2 is 1.83 bits per heavy atom. The number of hydrogen-bond acceptors (Lipinski definition) is 5. The van der Waals surface area contributed by atoms with E-state index < -0.39 is 0 Å². The van der Waals surface area contributed by atoms with Gasteiger partial charge in [-0.15, -0.1) is 0 Å². The SMILES string of the molecule is CN(C)CCCNc1cnc(C(=O)Nc2cc(Cl)cc(Cl)c2)cn1. The Bertz CT molecular complexity index is 671. The second-order valence-electron chi connectivity index (χ2n) is 5.48. The van der Waals surface area contributed by atoms with Crippen LogP contribution in [0.25, 0.3) is 0 Å². The van der Waals surface area contributed by atoms with Crippen LogP contribution >= 0.6 is 23.2 Å². The minimum Gasteiger partial charge on any atom is -0.369 e. The first kappa shape index (κ1) is 18.4. The highest BCUT2D eigenvalue weighted by Crippen LogP contribution is 2.22. The van der Waals surface area contributed by atoms with Crippen LogP contribution in [0.2, 0.25) is 10.0 Å². The molecular weight excluding hydrogens is 349 g/mol. The van der Waals surface area contributed by atoms with Crippen LogP contribution in [0.15, 0.2) is 30.6 Å². The van der Waals surface area contributed by atoms with Gasteiger partial charge in [0.15, 0.2) is 0 Å². The molecule has 0 spiro atoms. The van der Waals surface area contributed by atoms with E-state index in [4.69, 9.17) is 23.2 Å². The molecule has 0 unspecified atom stereocenters. The zero-order valence-corrected chi connectivity index (χ0v) is 15.0. The van der Waals surface area contributed by atoms with Crippen LogP contribution in [0.3, 0.4) is 0 Å². The second-order valence-corrected chi connectivity index (χ2v) is 6.36. The summed E-state index contributed by atoms with van der Waals surface area (Å²) in [5.74, 6) is 0.260. The van der Waals surface area contributed by atoms with Gasteiger partial charge in [0.1, 0.15) is 11.5 Å². The maximum absolute atomic E-state index is 12.2. The number of anilines is 2. The third kappa shape index (κ3) is 5.96. The number of aromatic nitrogens is 2. The van der Waals surface area contributed by atoms with Crippen LogP contribution < -0.4 is 10.6 Å². The third-order valence-corrected chi connectivity index (χ3v) is 3.53. The molecule has 0 radical (unpaired) electrons. The number of hydrogen-bond donors (Lipinski definition) is 2. The number of carbonyl (C=O) groups excluding carboxylic acids is 1. The maximum Gasteiger partial charge on any atom is 0.275 e. The van der Waals surface area contributed by atoms with Crippen LogP contribution in [-0.4, -0.2) is 48.0 Å². The molecule has 0 bridgehead atoms. The largest absolute Gasteiger partial charge is 0.369 e. The van der Waals surface area contributed by atoms with Gasteiger partial charge >= 0.3 is 0 Å². The van der Waals surface area contributed by atoms with Crippen molar-refractivity contribution in [3.8, 4) is 0 Å². The summed E-state index contributed by atoms with van der Waals surface area (Å²) < 4.78 is 0. The van der Waals surface area contributed by atoms with E-state index in [9.17, 15) is 4.79 Å². The number of rotatable bonds is 7. The molecule has 0 aliphatic carbocycles. The summed E-state index contributed by atoms with van der Waals surface area (Å²) in [5.41, 5.74) is 0.718. The average Bonchev–Trinajstić information content (AvgIpc) is 2.51. The van der Waals surface area contributed by atoms with Crippen molar-refractivity contribution in [2.75, 3.05) is 37.8 Å². The summed E-state index contributed by atoms with van der Waals surface area (Å²) >= 11 is 11.8. The van der Waals surface area contributed by atoms with Crippen molar-refractivity contribution >= 4 is 40.6 Å². The van der Waals surface area contributed by atoms with Crippen molar-refractivity contribution in [2.24, 2.45) is 0 Å². The van der Waals surface area contributed by atoms with E-state index in [1.165, 1.54) is 12.4 Å². The van der Waals surface area contributed by atoms with Crippen LogP contribution in [0.4, 0.5) is 11.5 Å². The van der Waals surface area contributed by atoms with E-state index >= 15 is 0 Å². The third-order valence-electron chi connectivity index (χ3n) is 3.09. The molecule has 0 saturated heterocycles. The number of halogens is 2. The van der Waals surface area contributed by atoms with E-state index in [0.29, 0.717) is 21.6 Å². The first-order valence-electron chi connectivity index (χ1n) is 7.42. The summed E-state index contributed by atoms with van der Waals surface area (Å²) in [6.45, 7) is 1.78. The lowest BCUT2D eigenvalue weighted by Gasteiger charge is -2.10. The summed E-state index contributed by atoms with van der Waals surface area (Å²) in [4.78, 5) is 22.6. The van der Waals surface area contributed by atoms with Crippen molar-refractivity contribution < 1.29 is 4.79 Å². The molecule has 0 saturated carbocycles. The molecular formula is C16H19Cl2N5O. The van der Waals surface area contributed by atoms with E-state index in [-0.39, 0.29) is 11.6 Å². The minimum atomic E-state index is -0.375. The van der Waals surface area contributed by atoms with Gasteiger partial charge in [-0.2, -0.15) is 0 Å². The molecule has 2 N–H and O–H groups in total. The van der Waals surface area contributed by atoms with Gasteiger partial charge in [0.25, 0.3) is 5.91 Å². The Hall–Kier alpha value is -1.89. The maximum atomic E-state index is 12.2. The molecule has 1 aromatic heterocycles. The predicted octanol–water partition coefficient (Wildman–Crippen LogP) is 3.40. The van der Waals surface area contributed by atoms with Gasteiger partial charge in [0, 0.05) is 22.3 Å². The Labute approximate surface area is 151 Å². The highest BCUT2D eigenvalue weighted by atomic mass is 35.5. The van der Waals surface area contributed by atoms with Crippen molar-refractivity contribution in [1.29, 1.82) is 0 Å².